The average Bonchev–Trinajstić information content (AvgIpc) is 1.67. The molecule has 0 rings (SSSR count). The molecule has 0 amide bonds. The number of allylic oxidation sites excluding steroid dienone is 2. The Morgan fingerprint density at radius 1 is 1.62 bits per heavy atom. The highest BCUT2D eigenvalue weighted by Crippen LogP contribution is 2.05. The van der Waals surface area contributed by atoms with E-state index in [1.165, 1.54) is 0 Å². The fourth-order valence-electron chi connectivity index (χ4n) is 0.268. The maximum Gasteiger partial charge on any atom is 0.0911 e. The number of hydrogen-bond donors (Lipinski definition) is 0. The molecule has 44 valence electrons. The zero-order valence-corrected chi connectivity index (χ0v) is 5.60. The van der Waals surface area contributed by atoms with Crippen LogP contribution in [0.25, 0.3) is 0 Å². The van der Waals surface area contributed by atoms with Gasteiger partial charge in [-0.05, 0) is 12.8 Å². The van der Waals surface area contributed by atoms with Gasteiger partial charge in [-0.1, -0.05) is 19.4 Å². The van der Waals surface area contributed by atoms with E-state index in [2.05, 4.69) is 13.8 Å². The van der Waals surface area contributed by atoms with Crippen molar-refractivity contribution >= 4 is 0 Å². The van der Waals surface area contributed by atoms with Crippen LogP contribution in [-0.2, 0) is 0 Å². The molecular weight excluding hydrogens is 98.1 g/mol. The van der Waals surface area contributed by atoms with Gasteiger partial charge in [0.2, 0.25) is 0 Å². The fraction of sp³-hybridized carbons (Fsp3) is 0.571. The minimum absolute atomic E-state index is 0.509. The lowest BCUT2D eigenvalue weighted by Gasteiger charge is -1.99. The van der Waals surface area contributed by atoms with Gasteiger partial charge in [-0.2, -0.15) is 5.26 Å². The van der Waals surface area contributed by atoms with Crippen molar-refractivity contribution in [3.05, 3.63) is 11.6 Å². The molecule has 1 nitrogen and oxygen atoms in total. The van der Waals surface area contributed by atoms with Crippen LogP contribution in [0.5, 0.6) is 0 Å². The zero-order valence-electron chi connectivity index (χ0n) is 5.60. The SMILES string of the molecule is CC(=CC#N)C(C)C. The van der Waals surface area contributed by atoms with Crippen molar-refractivity contribution in [2.45, 2.75) is 20.8 Å². The standard InChI is InChI=1S/C7H11N/c1-6(2)7(3)4-5-8/h4,6H,1-3H3. The molecule has 8 heavy (non-hydrogen) atoms. The topological polar surface area (TPSA) is 23.8 Å². The first-order valence-electron chi connectivity index (χ1n) is 2.74. The zero-order chi connectivity index (χ0) is 6.57. The smallest absolute Gasteiger partial charge is 0.0911 e. The number of nitrogens with zero attached hydrogens (tertiary/aromatic N) is 1. The molecule has 0 aromatic heterocycles. The molecule has 0 aromatic rings. The normalized spacial score (nSPS) is 11.6. The van der Waals surface area contributed by atoms with E-state index in [0.717, 1.165) is 5.57 Å². The average molecular weight is 109 g/mol. The molecule has 0 atom stereocenters. The van der Waals surface area contributed by atoms with E-state index in [0.29, 0.717) is 5.92 Å². The fourth-order valence-corrected chi connectivity index (χ4v) is 0.268. The van der Waals surface area contributed by atoms with E-state index in [4.69, 9.17) is 5.26 Å². The van der Waals surface area contributed by atoms with Crippen molar-refractivity contribution in [3.63, 3.8) is 0 Å². The quantitative estimate of drug-likeness (QED) is 0.473. The van der Waals surface area contributed by atoms with Crippen LogP contribution in [0.2, 0.25) is 0 Å². The molecule has 0 N–H and O–H groups in total. The summed E-state index contributed by atoms with van der Waals surface area (Å²) in [6, 6.07) is 1.99. The van der Waals surface area contributed by atoms with Gasteiger partial charge in [0.25, 0.3) is 0 Å². The summed E-state index contributed by atoms with van der Waals surface area (Å²) in [5.41, 5.74) is 1.15. The lowest BCUT2D eigenvalue weighted by molar-refractivity contribution is 0.770. The summed E-state index contributed by atoms with van der Waals surface area (Å²) in [6.45, 7) is 6.11. The number of rotatable bonds is 1. The molecule has 0 saturated heterocycles. The van der Waals surface area contributed by atoms with E-state index in [1.807, 2.05) is 13.0 Å². The second-order valence-electron chi connectivity index (χ2n) is 2.17. The second-order valence-corrected chi connectivity index (χ2v) is 2.17. The van der Waals surface area contributed by atoms with Crippen LogP contribution in [0.4, 0.5) is 0 Å². The van der Waals surface area contributed by atoms with Crippen molar-refractivity contribution in [2.24, 2.45) is 5.92 Å². The summed E-state index contributed by atoms with van der Waals surface area (Å²) in [5, 5.41) is 8.16. The van der Waals surface area contributed by atoms with Crippen molar-refractivity contribution in [1.82, 2.24) is 0 Å². The first-order chi connectivity index (χ1) is 3.68. The summed E-state index contributed by atoms with van der Waals surface area (Å²) in [5.74, 6) is 0.509. The Balaban J connectivity index is 3.85. The van der Waals surface area contributed by atoms with Crippen LogP contribution in [-0.4, -0.2) is 0 Å². The van der Waals surface area contributed by atoms with E-state index in [9.17, 15) is 0 Å². The molecule has 0 bridgehead atoms. The molecule has 0 saturated carbocycles. The molecule has 0 unspecified atom stereocenters. The highest BCUT2D eigenvalue weighted by Gasteiger charge is 1.92. The molecule has 0 heterocycles. The molecular formula is C7H11N. The van der Waals surface area contributed by atoms with Crippen LogP contribution in [0.3, 0.4) is 0 Å². The Morgan fingerprint density at radius 3 is 2.25 bits per heavy atom. The van der Waals surface area contributed by atoms with Crippen molar-refractivity contribution < 1.29 is 0 Å². The summed E-state index contributed by atoms with van der Waals surface area (Å²) < 4.78 is 0. The predicted octanol–water partition coefficient (Wildman–Crippen LogP) is 2.11. The van der Waals surface area contributed by atoms with E-state index in [-0.39, 0.29) is 0 Å². The van der Waals surface area contributed by atoms with Gasteiger partial charge >= 0.3 is 0 Å². The maximum absolute atomic E-state index is 8.16. The van der Waals surface area contributed by atoms with E-state index < -0.39 is 0 Å². The third-order valence-corrected chi connectivity index (χ3v) is 1.20. The van der Waals surface area contributed by atoms with Gasteiger partial charge < -0.3 is 0 Å². The second kappa shape index (κ2) is 3.26. The summed E-state index contributed by atoms with van der Waals surface area (Å²) in [7, 11) is 0. The third kappa shape index (κ3) is 2.41. The van der Waals surface area contributed by atoms with Crippen molar-refractivity contribution in [1.29, 1.82) is 5.26 Å². The molecule has 0 spiro atoms. The first kappa shape index (κ1) is 7.23. The third-order valence-electron chi connectivity index (χ3n) is 1.20. The van der Waals surface area contributed by atoms with Gasteiger partial charge in [0, 0.05) is 6.08 Å². The molecule has 0 aliphatic rings. The Labute approximate surface area is 50.6 Å². The molecule has 0 aliphatic heterocycles. The van der Waals surface area contributed by atoms with Gasteiger partial charge in [0.15, 0.2) is 0 Å². The Hall–Kier alpha value is -0.770. The molecule has 0 aromatic carbocycles. The van der Waals surface area contributed by atoms with Gasteiger partial charge in [-0.25, -0.2) is 0 Å². The van der Waals surface area contributed by atoms with Crippen LogP contribution in [0, 0.1) is 17.2 Å². The van der Waals surface area contributed by atoms with Gasteiger partial charge in [-0.15, -0.1) is 0 Å². The molecule has 0 fully saturated rings. The van der Waals surface area contributed by atoms with Crippen LogP contribution >= 0.6 is 0 Å². The molecule has 1 heteroatoms. The molecule has 0 aliphatic carbocycles. The maximum atomic E-state index is 8.16. The minimum Gasteiger partial charge on any atom is -0.193 e. The van der Waals surface area contributed by atoms with Gasteiger partial charge in [0.1, 0.15) is 0 Å². The Morgan fingerprint density at radius 2 is 2.12 bits per heavy atom. The Kier molecular flexibility index (Phi) is 2.95. The van der Waals surface area contributed by atoms with E-state index in [1.54, 1.807) is 6.08 Å². The summed E-state index contributed by atoms with van der Waals surface area (Å²) >= 11 is 0. The summed E-state index contributed by atoms with van der Waals surface area (Å²) in [4.78, 5) is 0. The highest BCUT2D eigenvalue weighted by atomic mass is 14.2. The summed E-state index contributed by atoms with van der Waals surface area (Å²) in [6.07, 6.45) is 1.59. The van der Waals surface area contributed by atoms with Gasteiger partial charge in [-0.3, -0.25) is 0 Å². The first-order valence-corrected chi connectivity index (χ1v) is 2.74. The minimum atomic E-state index is 0.509. The molecule has 0 radical (unpaired) electrons. The van der Waals surface area contributed by atoms with Crippen LogP contribution < -0.4 is 0 Å². The predicted molar refractivity (Wildman–Crippen MR) is 34.2 cm³/mol. The lowest BCUT2D eigenvalue weighted by Crippen LogP contribution is -1.86. The largest absolute Gasteiger partial charge is 0.193 e. The van der Waals surface area contributed by atoms with Gasteiger partial charge in [0.05, 0.1) is 6.07 Å². The highest BCUT2D eigenvalue weighted by molar-refractivity contribution is 5.12. The lowest BCUT2D eigenvalue weighted by atomic mass is 10.1. The number of nitriles is 1. The van der Waals surface area contributed by atoms with Crippen molar-refractivity contribution in [3.8, 4) is 6.07 Å². The van der Waals surface area contributed by atoms with Crippen LogP contribution in [0.15, 0.2) is 11.6 Å². The number of hydrogen-bond acceptors (Lipinski definition) is 1. The van der Waals surface area contributed by atoms with Crippen LogP contribution in [0.1, 0.15) is 20.8 Å². The monoisotopic (exact) mass is 109 g/mol. The van der Waals surface area contributed by atoms with E-state index >= 15 is 0 Å². The Bertz CT molecular complexity index is 126. The van der Waals surface area contributed by atoms with Crippen molar-refractivity contribution in [2.75, 3.05) is 0 Å².